The highest BCUT2D eigenvalue weighted by Crippen LogP contribution is 2.25. The van der Waals surface area contributed by atoms with Gasteiger partial charge in [-0.2, -0.15) is 0 Å². The van der Waals surface area contributed by atoms with E-state index in [2.05, 4.69) is 10.3 Å². The van der Waals surface area contributed by atoms with E-state index >= 15 is 0 Å². The average Bonchev–Trinajstić information content (AvgIpc) is 2.86. The number of nitrogens with zero attached hydrogens (tertiary/aromatic N) is 1. The fraction of sp³-hybridized carbons (Fsp3) is 0.176. The Morgan fingerprint density at radius 2 is 1.90 bits per heavy atom. The van der Waals surface area contributed by atoms with Crippen molar-refractivity contribution in [2.45, 2.75) is 19.9 Å². The molecule has 0 saturated carbocycles. The zero-order valence-corrected chi connectivity index (χ0v) is 12.0. The maximum Gasteiger partial charge on any atom is 0.287 e. The Morgan fingerprint density at radius 3 is 2.62 bits per heavy atom. The number of fused-ring (bicyclic) bond motifs is 1. The van der Waals surface area contributed by atoms with Crippen LogP contribution in [0.25, 0.3) is 11.0 Å². The summed E-state index contributed by atoms with van der Waals surface area (Å²) in [5, 5.41) is 3.93. The molecule has 1 amide bonds. The maximum absolute atomic E-state index is 12.4. The van der Waals surface area contributed by atoms with Crippen molar-refractivity contribution < 1.29 is 9.21 Å². The van der Waals surface area contributed by atoms with Gasteiger partial charge in [-0.3, -0.25) is 9.78 Å². The van der Waals surface area contributed by atoms with Crippen LogP contribution in [0.15, 0.2) is 53.2 Å². The molecule has 106 valence electrons. The lowest BCUT2D eigenvalue weighted by Crippen LogP contribution is -2.26. The second-order valence-corrected chi connectivity index (χ2v) is 5.03. The summed E-state index contributed by atoms with van der Waals surface area (Å²) in [5.74, 6) is 0.171. The zero-order chi connectivity index (χ0) is 14.8. The number of rotatable bonds is 3. The summed E-state index contributed by atoms with van der Waals surface area (Å²) >= 11 is 0. The van der Waals surface area contributed by atoms with E-state index in [-0.39, 0.29) is 11.9 Å². The largest absolute Gasteiger partial charge is 0.451 e. The van der Waals surface area contributed by atoms with Crippen LogP contribution in [0.3, 0.4) is 0 Å². The monoisotopic (exact) mass is 280 g/mol. The minimum Gasteiger partial charge on any atom is -0.451 e. The van der Waals surface area contributed by atoms with Crippen molar-refractivity contribution in [3.05, 3.63) is 65.7 Å². The van der Waals surface area contributed by atoms with Gasteiger partial charge in [0.15, 0.2) is 5.76 Å². The molecule has 0 spiro atoms. The molecule has 3 aromatic rings. The molecule has 21 heavy (non-hydrogen) atoms. The van der Waals surface area contributed by atoms with Crippen molar-refractivity contribution in [1.29, 1.82) is 0 Å². The molecule has 0 saturated heterocycles. The first-order chi connectivity index (χ1) is 10.2. The molecule has 0 fully saturated rings. The molecule has 1 aromatic carbocycles. The second-order valence-electron chi connectivity index (χ2n) is 5.03. The fourth-order valence-electron chi connectivity index (χ4n) is 2.39. The van der Waals surface area contributed by atoms with Gasteiger partial charge in [0.2, 0.25) is 0 Å². The number of carbonyl (C=O) groups excluding carboxylic acids is 1. The molecule has 2 aromatic heterocycles. The summed E-state index contributed by atoms with van der Waals surface area (Å²) in [5.41, 5.74) is 2.61. The summed E-state index contributed by atoms with van der Waals surface area (Å²) in [6.07, 6.45) is 3.43. The van der Waals surface area contributed by atoms with Crippen LogP contribution in [-0.4, -0.2) is 10.9 Å². The lowest BCUT2D eigenvalue weighted by atomic mass is 10.1. The topological polar surface area (TPSA) is 55.1 Å². The average molecular weight is 280 g/mol. The predicted octanol–water partition coefficient (Wildman–Crippen LogP) is 3.63. The number of amides is 1. The van der Waals surface area contributed by atoms with Gasteiger partial charge in [0.25, 0.3) is 5.91 Å². The van der Waals surface area contributed by atoms with Crippen molar-refractivity contribution in [2.75, 3.05) is 0 Å². The lowest BCUT2D eigenvalue weighted by Gasteiger charge is -2.13. The highest BCUT2D eigenvalue weighted by Gasteiger charge is 2.19. The first kappa shape index (κ1) is 13.4. The molecular weight excluding hydrogens is 264 g/mol. The van der Waals surface area contributed by atoms with Crippen molar-refractivity contribution in [2.24, 2.45) is 0 Å². The summed E-state index contributed by atoms with van der Waals surface area (Å²) in [4.78, 5) is 16.4. The number of benzene rings is 1. The van der Waals surface area contributed by atoms with E-state index in [4.69, 9.17) is 4.42 Å². The van der Waals surface area contributed by atoms with Crippen LogP contribution in [0, 0.1) is 6.92 Å². The number of aryl methyl sites for hydroxylation is 1. The Kier molecular flexibility index (Phi) is 3.44. The van der Waals surface area contributed by atoms with Gasteiger partial charge in [0, 0.05) is 23.3 Å². The number of aromatic nitrogens is 1. The summed E-state index contributed by atoms with van der Waals surface area (Å²) in [6.45, 7) is 3.84. The Morgan fingerprint density at radius 1 is 1.19 bits per heavy atom. The van der Waals surface area contributed by atoms with Gasteiger partial charge < -0.3 is 9.73 Å². The van der Waals surface area contributed by atoms with E-state index < -0.39 is 0 Å². The molecule has 0 aliphatic carbocycles. The number of carbonyl (C=O) groups is 1. The smallest absolute Gasteiger partial charge is 0.287 e. The SMILES string of the molecule is Cc1c(C(=O)NC(C)c2ccncc2)oc2ccccc12. The normalized spacial score (nSPS) is 12.3. The molecular formula is C17H16N2O2. The van der Waals surface area contributed by atoms with Gasteiger partial charge in [-0.05, 0) is 37.6 Å². The van der Waals surface area contributed by atoms with Gasteiger partial charge in [0.05, 0.1) is 6.04 Å². The molecule has 0 radical (unpaired) electrons. The van der Waals surface area contributed by atoms with Crippen molar-refractivity contribution in [3.8, 4) is 0 Å². The molecule has 0 bridgehead atoms. The standard InChI is InChI=1S/C17H16N2O2/c1-11-14-5-3-4-6-15(14)21-16(11)17(20)19-12(2)13-7-9-18-10-8-13/h3-10,12H,1-2H3,(H,19,20). The highest BCUT2D eigenvalue weighted by atomic mass is 16.3. The first-order valence-electron chi connectivity index (χ1n) is 6.85. The van der Waals surface area contributed by atoms with Crippen molar-refractivity contribution >= 4 is 16.9 Å². The van der Waals surface area contributed by atoms with Crippen molar-refractivity contribution in [3.63, 3.8) is 0 Å². The minimum atomic E-state index is -0.201. The molecule has 1 unspecified atom stereocenters. The number of hydrogen-bond donors (Lipinski definition) is 1. The van der Waals surface area contributed by atoms with Crippen molar-refractivity contribution in [1.82, 2.24) is 10.3 Å². The third kappa shape index (κ3) is 2.52. The zero-order valence-electron chi connectivity index (χ0n) is 12.0. The first-order valence-corrected chi connectivity index (χ1v) is 6.85. The van der Waals surface area contributed by atoms with Gasteiger partial charge in [-0.1, -0.05) is 18.2 Å². The number of pyridine rings is 1. The third-order valence-corrected chi connectivity index (χ3v) is 3.60. The van der Waals surface area contributed by atoms with Gasteiger partial charge in [0.1, 0.15) is 5.58 Å². The minimum absolute atomic E-state index is 0.104. The van der Waals surface area contributed by atoms with E-state index in [0.717, 1.165) is 22.1 Å². The van der Waals surface area contributed by atoms with Gasteiger partial charge in [-0.15, -0.1) is 0 Å². The summed E-state index contributed by atoms with van der Waals surface area (Å²) < 4.78 is 5.67. The molecule has 2 heterocycles. The maximum atomic E-state index is 12.4. The predicted molar refractivity (Wildman–Crippen MR) is 81.1 cm³/mol. The number of nitrogens with one attached hydrogen (secondary N) is 1. The van der Waals surface area contributed by atoms with E-state index in [1.54, 1.807) is 12.4 Å². The number of hydrogen-bond acceptors (Lipinski definition) is 3. The summed E-state index contributed by atoms with van der Waals surface area (Å²) in [7, 11) is 0. The van der Waals surface area contributed by atoms with Crippen LogP contribution in [0.5, 0.6) is 0 Å². The quantitative estimate of drug-likeness (QED) is 0.797. The van der Waals surface area contributed by atoms with E-state index in [9.17, 15) is 4.79 Å². The molecule has 4 nitrogen and oxygen atoms in total. The van der Waals surface area contributed by atoms with Crippen LogP contribution in [0.4, 0.5) is 0 Å². The number of furan rings is 1. The number of para-hydroxylation sites is 1. The van der Waals surface area contributed by atoms with Crippen LogP contribution < -0.4 is 5.32 Å². The van der Waals surface area contributed by atoms with Crippen LogP contribution in [-0.2, 0) is 0 Å². The molecule has 1 atom stereocenters. The van der Waals surface area contributed by atoms with Crippen LogP contribution in [0.1, 0.15) is 34.6 Å². The summed E-state index contributed by atoms with van der Waals surface area (Å²) in [6, 6.07) is 11.3. The second kappa shape index (κ2) is 5.40. The van der Waals surface area contributed by atoms with Crippen LogP contribution in [0.2, 0.25) is 0 Å². The van der Waals surface area contributed by atoms with E-state index in [1.165, 1.54) is 0 Å². The van der Waals surface area contributed by atoms with E-state index in [0.29, 0.717) is 5.76 Å². The molecule has 3 rings (SSSR count). The van der Waals surface area contributed by atoms with Crippen LogP contribution >= 0.6 is 0 Å². The Labute approximate surface area is 122 Å². The Balaban J connectivity index is 1.86. The Hall–Kier alpha value is -2.62. The third-order valence-electron chi connectivity index (χ3n) is 3.60. The van der Waals surface area contributed by atoms with Gasteiger partial charge >= 0.3 is 0 Å². The molecule has 1 N–H and O–H groups in total. The Bertz CT molecular complexity index is 778. The van der Waals surface area contributed by atoms with Gasteiger partial charge in [-0.25, -0.2) is 0 Å². The fourth-order valence-corrected chi connectivity index (χ4v) is 2.39. The lowest BCUT2D eigenvalue weighted by molar-refractivity contribution is 0.0913. The highest BCUT2D eigenvalue weighted by molar-refractivity contribution is 5.99. The van der Waals surface area contributed by atoms with E-state index in [1.807, 2.05) is 50.2 Å². The molecule has 0 aliphatic heterocycles. The molecule has 0 aliphatic rings. The molecule has 4 heteroatoms.